The van der Waals surface area contributed by atoms with Crippen molar-refractivity contribution < 1.29 is 9.53 Å². The van der Waals surface area contributed by atoms with Crippen LogP contribution in [0.15, 0.2) is 53.0 Å². The molecule has 0 saturated carbocycles. The third kappa shape index (κ3) is 4.36. The molecule has 0 unspecified atom stereocenters. The fourth-order valence-electron chi connectivity index (χ4n) is 3.42. The van der Waals surface area contributed by atoms with Crippen molar-refractivity contribution in [2.45, 2.75) is 32.3 Å². The summed E-state index contributed by atoms with van der Waals surface area (Å²) in [7, 11) is 0. The van der Waals surface area contributed by atoms with Crippen molar-refractivity contribution in [2.75, 3.05) is 5.32 Å². The Morgan fingerprint density at radius 1 is 1.14 bits per heavy atom. The van der Waals surface area contributed by atoms with E-state index in [-0.39, 0.29) is 5.91 Å². The zero-order valence-electron chi connectivity index (χ0n) is 15.7. The Morgan fingerprint density at radius 2 is 1.90 bits per heavy atom. The molecule has 1 aliphatic rings. The van der Waals surface area contributed by atoms with Crippen LogP contribution in [0.1, 0.15) is 44.8 Å². The van der Waals surface area contributed by atoms with Crippen LogP contribution in [0.4, 0.5) is 5.00 Å². The van der Waals surface area contributed by atoms with Crippen LogP contribution in [0.2, 0.25) is 0 Å². The summed E-state index contributed by atoms with van der Waals surface area (Å²) in [6.45, 7) is 0.417. The largest absolute Gasteiger partial charge is 0.488 e. The number of rotatable bonds is 5. The smallest absolute Gasteiger partial charge is 0.256 e. The number of hydrogen-bond acceptors (Lipinski definition) is 4. The summed E-state index contributed by atoms with van der Waals surface area (Å²) in [5.74, 6) is 0.582. The Kier molecular flexibility index (Phi) is 5.98. The number of carbonyl (C=O) groups is 1. The average Bonchev–Trinajstić information content (AvgIpc) is 3.10. The first-order valence-corrected chi connectivity index (χ1v) is 11.1. The van der Waals surface area contributed by atoms with Gasteiger partial charge in [-0.2, -0.15) is 5.26 Å². The molecule has 0 saturated heterocycles. The van der Waals surface area contributed by atoms with E-state index in [1.165, 1.54) is 4.88 Å². The number of nitriles is 1. The number of thiophene rings is 1. The van der Waals surface area contributed by atoms with Gasteiger partial charge in [-0.15, -0.1) is 11.3 Å². The first kappa shape index (κ1) is 19.7. The van der Waals surface area contributed by atoms with E-state index in [0.29, 0.717) is 22.7 Å². The van der Waals surface area contributed by atoms with Gasteiger partial charge in [0.2, 0.25) is 0 Å². The lowest BCUT2D eigenvalue weighted by Gasteiger charge is -2.09. The molecule has 1 aliphatic carbocycles. The maximum atomic E-state index is 12.7. The van der Waals surface area contributed by atoms with E-state index in [1.807, 2.05) is 36.4 Å². The van der Waals surface area contributed by atoms with E-state index in [2.05, 4.69) is 27.3 Å². The number of nitrogens with one attached hydrogen (secondary N) is 1. The second-order valence-corrected chi connectivity index (χ2v) is 8.86. The molecular formula is C23H19BrN2O2S. The maximum Gasteiger partial charge on any atom is 0.256 e. The third-order valence-corrected chi connectivity index (χ3v) is 6.82. The molecule has 29 heavy (non-hydrogen) atoms. The van der Waals surface area contributed by atoms with E-state index in [1.54, 1.807) is 23.5 Å². The second kappa shape index (κ2) is 8.81. The molecule has 0 aliphatic heterocycles. The van der Waals surface area contributed by atoms with Crippen molar-refractivity contribution in [3.05, 3.63) is 80.1 Å². The van der Waals surface area contributed by atoms with Gasteiger partial charge in [0.25, 0.3) is 5.91 Å². The predicted octanol–water partition coefficient (Wildman–Crippen LogP) is 6.09. The number of halogens is 1. The lowest BCUT2D eigenvalue weighted by molar-refractivity contribution is 0.102. The SMILES string of the molecule is N#Cc1c(NC(=O)c2ccc(COc3ccccc3Br)cc2)sc2c1CCCC2. The van der Waals surface area contributed by atoms with Crippen molar-refractivity contribution in [1.29, 1.82) is 5.26 Å². The molecule has 1 amide bonds. The van der Waals surface area contributed by atoms with Crippen LogP contribution in [-0.4, -0.2) is 5.91 Å². The van der Waals surface area contributed by atoms with E-state index >= 15 is 0 Å². The summed E-state index contributed by atoms with van der Waals surface area (Å²) in [4.78, 5) is 13.9. The monoisotopic (exact) mass is 466 g/mol. The fourth-order valence-corrected chi connectivity index (χ4v) is 5.06. The molecule has 1 aromatic heterocycles. The Labute approximate surface area is 182 Å². The van der Waals surface area contributed by atoms with Crippen molar-refractivity contribution in [3.8, 4) is 11.8 Å². The molecule has 0 fully saturated rings. The lowest BCUT2D eigenvalue weighted by atomic mass is 9.96. The molecule has 4 rings (SSSR count). The lowest BCUT2D eigenvalue weighted by Crippen LogP contribution is -2.12. The molecule has 1 heterocycles. The molecule has 146 valence electrons. The quantitative estimate of drug-likeness (QED) is 0.494. The highest BCUT2D eigenvalue weighted by Gasteiger charge is 2.22. The molecule has 0 spiro atoms. The molecule has 1 N–H and O–H groups in total. The molecule has 0 radical (unpaired) electrons. The van der Waals surface area contributed by atoms with Gasteiger partial charge in [0.05, 0.1) is 10.0 Å². The van der Waals surface area contributed by atoms with E-state index in [0.717, 1.165) is 47.0 Å². The van der Waals surface area contributed by atoms with Gasteiger partial charge in [-0.05, 0) is 77.0 Å². The number of nitrogens with zero attached hydrogens (tertiary/aromatic N) is 1. The van der Waals surface area contributed by atoms with Gasteiger partial charge >= 0.3 is 0 Å². The first-order chi connectivity index (χ1) is 14.2. The number of aryl methyl sites for hydroxylation is 1. The van der Waals surface area contributed by atoms with Gasteiger partial charge in [0.15, 0.2) is 0 Å². The number of carbonyl (C=O) groups excluding carboxylic acids is 1. The molecule has 3 aromatic rings. The minimum atomic E-state index is -0.196. The van der Waals surface area contributed by atoms with Gasteiger partial charge in [-0.1, -0.05) is 24.3 Å². The van der Waals surface area contributed by atoms with Gasteiger partial charge in [-0.25, -0.2) is 0 Å². The maximum absolute atomic E-state index is 12.7. The molecule has 4 nitrogen and oxygen atoms in total. The predicted molar refractivity (Wildman–Crippen MR) is 119 cm³/mol. The summed E-state index contributed by atoms with van der Waals surface area (Å²) >= 11 is 5.01. The molecule has 2 aromatic carbocycles. The van der Waals surface area contributed by atoms with Crippen LogP contribution in [0.3, 0.4) is 0 Å². The summed E-state index contributed by atoms with van der Waals surface area (Å²) in [5, 5.41) is 13.2. The summed E-state index contributed by atoms with van der Waals surface area (Å²) in [6, 6.07) is 17.3. The summed E-state index contributed by atoms with van der Waals surface area (Å²) < 4.78 is 6.72. The Morgan fingerprint density at radius 3 is 2.66 bits per heavy atom. The highest BCUT2D eigenvalue weighted by atomic mass is 79.9. The van der Waals surface area contributed by atoms with Gasteiger partial charge < -0.3 is 10.1 Å². The van der Waals surface area contributed by atoms with Crippen LogP contribution >= 0.6 is 27.3 Å². The third-order valence-electron chi connectivity index (χ3n) is 4.96. The normalized spacial score (nSPS) is 12.7. The van der Waals surface area contributed by atoms with Gasteiger partial charge in [-0.3, -0.25) is 4.79 Å². The average molecular weight is 467 g/mol. The van der Waals surface area contributed by atoms with Crippen LogP contribution in [0, 0.1) is 11.3 Å². The Bertz CT molecular complexity index is 1080. The standard InChI is InChI=1S/C23H19BrN2O2S/c24-19-6-2-3-7-20(19)28-14-15-9-11-16(12-10-15)22(27)26-23-18(13-25)17-5-1-4-8-21(17)29-23/h2-3,6-7,9-12H,1,4-5,8,14H2,(H,26,27). The van der Waals surface area contributed by atoms with Crippen LogP contribution < -0.4 is 10.1 Å². The Hall–Kier alpha value is -2.62. The zero-order valence-corrected chi connectivity index (χ0v) is 18.1. The molecular weight excluding hydrogens is 448 g/mol. The van der Waals surface area contributed by atoms with Gasteiger partial charge in [0.1, 0.15) is 23.4 Å². The van der Waals surface area contributed by atoms with Crippen molar-refractivity contribution in [2.24, 2.45) is 0 Å². The highest BCUT2D eigenvalue weighted by Crippen LogP contribution is 2.37. The number of anilines is 1. The highest BCUT2D eigenvalue weighted by molar-refractivity contribution is 9.10. The summed E-state index contributed by atoms with van der Waals surface area (Å²) in [5.41, 5.74) is 3.29. The number of para-hydroxylation sites is 1. The molecule has 6 heteroatoms. The second-order valence-electron chi connectivity index (χ2n) is 6.90. The van der Waals surface area contributed by atoms with Crippen molar-refractivity contribution in [3.63, 3.8) is 0 Å². The molecule has 0 bridgehead atoms. The number of benzene rings is 2. The minimum Gasteiger partial charge on any atom is -0.488 e. The van der Waals surface area contributed by atoms with E-state index in [4.69, 9.17) is 4.74 Å². The van der Waals surface area contributed by atoms with E-state index < -0.39 is 0 Å². The van der Waals surface area contributed by atoms with Gasteiger partial charge in [0, 0.05) is 10.4 Å². The number of amides is 1. The van der Waals surface area contributed by atoms with Crippen molar-refractivity contribution in [1.82, 2.24) is 0 Å². The van der Waals surface area contributed by atoms with Crippen LogP contribution in [-0.2, 0) is 19.4 Å². The summed E-state index contributed by atoms with van der Waals surface area (Å²) in [6.07, 6.45) is 4.18. The topological polar surface area (TPSA) is 62.1 Å². The number of ether oxygens (including phenoxy) is 1. The van der Waals surface area contributed by atoms with Crippen LogP contribution in [0.25, 0.3) is 0 Å². The van der Waals surface area contributed by atoms with E-state index in [9.17, 15) is 10.1 Å². The molecule has 0 atom stereocenters. The fraction of sp³-hybridized carbons (Fsp3) is 0.217. The number of hydrogen-bond donors (Lipinski definition) is 1. The minimum absolute atomic E-state index is 0.196. The van der Waals surface area contributed by atoms with Crippen LogP contribution in [0.5, 0.6) is 5.75 Å². The first-order valence-electron chi connectivity index (χ1n) is 9.48. The Balaban J connectivity index is 1.43. The number of fused-ring (bicyclic) bond motifs is 1. The zero-order chi connectivity index (χ0) is 20.2. The van der Waals surface area contributed by atoms with Crippen molar-refractivity contribution >= 4 is 38.2 Å².